The van der Waals surface area contributed by atoms with E-state index in [-0.39, 0.29) is 28.4 Å². The lowest BCUT2D eigenvalue weighted by Crippen LogP contribution is -2.61. The van der Waals surface area contributed by atoms with Crippen LogP contribution in [-0.2, 0) is 27.1 Å². The van der Waals surface area contributed by atoms with E-state index in [4.69, 9.17) is 0 Å². The molecule has 4 heteroatoms. The lowest BCUT2D eigenvalue weighted by atomic mass is 9.33. The third kappa shape index (κ3) is 6.17. The molecule has 6 heterocycles. The summed E-state index contributed by atoms with van der Waals surface area (Å²) in [7, 11) is 0. The molecular formula is C77H74BN3. The minimum Gasteiger partial charge on any atom is -0.310 e. The van der Waals surface area contributed by atoms with Crippen molar-refractivity contribution in [3.05, 3.63) is 201 Å². The van der Waals surface area contributed by atoms with Crippen LogP contribution in [0.2, 0.25) is 0 Å². The van der Waals surface area contributed by atoms with E-state index in [2.05, 4.69) is 270 Å². The first-order chi connectivity index (χ1) is 38.4. The maximum atomic E-state index is 2.83. The van der Waals surface area contributed by atoms with Crippen LogP contribution in [0.3, 0.4) is 0 Å². The predicted molar refractivity (Wildman–Crippen MR) is 348 cm³/mol. The molecule has 9 aromatic carbocycles. The van der Waals surface area contributed by atoms with Crippen LogP contribution in [0.25, 0.3) is 93.6 Å². The van der Waals surface area contributed by atoms with Gasteiger partial charge in [-0.25, -0.2) is 0 Å². The van der Waals surface area contributed by atoms with Crippen molar-refractivity contribution in [3.63, 3.8) is 0 Å². The standard InChI is InChI=1S/C77H74BN3/c1-41(2)43-23-30-62-56(32-43)66-65(79(62)49-20-18-17-19-21-49)40-55-52-26-22-44(42(3)4)33-64(52)80-63-31-29-57-72-67(63)78(68(66)71(55)80)61-39-48(76(14,15)16)35-54-53-34-47(75(11,12)13)38-60(69(53)81(72)70(54)61)77(57)58-36-45(73(5,6)7)24-27-50(58)51-28-25-46(37-59(51)77)74(8,9)10/h17-42H,1-16H3. The average Bonchev–Trinajstić information content (AvgIpc) is 2.70. The van der Waals surface area contributed by atoms with Crippen LogP contribution in [0.15, 0.2) is 146 Å². The number of para-hydroxylation sites is 1. The highest BCUT2D eigenvalue weighted by Gasteiger charge is 2.55. The van der Waals surface area contributed by atoms with E-state index in [1.54, 1.807) is 0 Å². The van der Waals surface area contributed by atoms with E-state index in [0.29, 0.717) is 11.8 Å². The van der Waals surface area contributed by atoms with Crippen LogP contribution in [-0.4, -0.2) is 20.4 Å². The van der Waals surface area contributed by atoms with Crippen molar-refractivity contribution >= 4 is 88.5 Å². The van der Waals surface area contributed by atoms with Crippen molar-refractivity contribution in [2.75, 3.05) is 0 Å². The fourth-order valence-electron chi connectivity index (χ4n) is 15.8. The summed E-state index contributed by atoms with van der Waals surface area (Å²) < 4.78 is 8.18. The summed E-state index contributed by atoms with van der Waals surface area (Å²) >= 11 is 0. The lowest BCUT2D eigenvalue weighted by molar-refractivity contribution is 0.583. The number of hydrogen-bond acceptors (Lipinski definition) is 0. The van der Waals surface area contributed by atoms with E-state index in [9.17, 15) is 0 Å². The smallest absolute Gasteiger partial charge is 0.253 e. The number of aromatic nitrogens is 3. The van der Waals surface area contributed by atoms with Gasteiger partial charge in [0.2, 0.25) is 0 Å². The van der Waals surface area contributed by atoms with Gasteiger partial charge in [-0.1, -0.05) is 202 Å². The van der Waals surface area contributed by atoms with Crippen LogP contribution < -0.4 is 16.4 Å². The summed E-state index contributed by atoms with van der Waals surface area (Å²) in [5.74, 6) is 0.736. The Morgan fingerprint density at radius 3 is 1.57 bits per heavy atom. The Bertz CT molecular complexity index is 4780. The molecule has 0 saturated heterocycles. The quantitative estimate of drug-likeness (QED) is 0.157. The minimum absolute atomic E-state index is 0.0691. The number of benzene rings is 9. The van der Waals surface area contributed by atoms with E-state index in [0.717, 1.165) is 0 Å². The highest BCUT2D eigenvalue weighted by atomic mass is 15.1. The van der Waals surface area contributed by atoms with E-state index < -0.39 is 5.41 Å². The van der Waals surface area contributed by atoms with Crippen LogP contribution in [0, 0.1) is 0 Å². The van der Waals surface area contributed by atoms with Gasteiger partial charge in [-0.3, -0.25) is 0 Å². The Morgan fingerprint density at radius 1 is 0.383 bits per heavy atom. The SMILES string of the molecule is CC(C)c1ccc2c(c1)c1c3c4c(cc1n2-c1ccccc1)c1ccc(C(C)C)cc1n4-c1ccc2c4c1B3c1cc(C(C)(C)C)cc3c5cc(C(C)(C)C)cc(c5n-4c13)C21c2cc(C(C)(C)C)ccc2-c2ccc(C(C)(C)C)cc21. The van der Waals surface area contributed by atoms with Gasteiger partial charge < -0.3 is 13.7 Å². The number of rotatable bonds is 3. The molecule has 1 aliphatic carbocycles. The zero-order chi connectivity index (χ0) is 56.3. The van der Waals surface area contributed by atoms with Crippen molar-refractivity contribution in [3.8, 4) is 28.2 Å². The maximum absolute atomic E-state index is 2.83. The lowest BCUT2D eigenvalue weighted by Gasteiger charge is -2.45. The first kappa shape index (κ1) is 49.3. The van der Waals surface area contributed by atoms with Crippen LogP contribution in [0.4, 0.5) is 0 Å². The van der Waals surface area contributed by atoms with Crippen molar-refractivity contribution in [2.24, 2.45) is 0 Å². The first-order valence-electron chi connectivity index (χ1n) is 30.2. The van der Waals surface area contributed by atoms with Gasteiger partial charge in [0.25, 0.3) is 6.71 Å². The molecule has 3 aliphatic heterocycles. The van der Waals surface area contributed by atoms with Gasteiger partial charge in [-0.05, 0) is 171 Å². The van der Waals surface area contributed by atoms with Crippen LogP contribution >= 0.6 is 0 Å². The summed E-state index contributed by atoms with van der Waals surface area (Å²) in [6.45, 7) is 38.2. The Kier molecular flexibility index (Phi) is 9.43. The maximum Gasteiger partial charge on any atom is 0.253 e. The molecular weight excluding hydrogens is 978 g/mol. The molecule has 4 aliphatic rings. The molecule has 0 amide bonds. The fraction of sp³-hybridized carbons (Fsp3) is 0.299. The fourth-order valence-corrected chi connectivity index (χ4v) is 15.8. The molecule has 12 aromatic rings. The second kappa shape index (κ2) is 15.5. The Hall–Kier alpha value is -7.56. The van der Waals surface area contributed by atoms with Crippen molar-refractivity contribution in [1.29, 1.82) is 0 Å². The van der Waals surface area contributed by atoms with E-state index in [1.807, 2.05) is 0 Å². The summed E-state index contributed by atoms with van der Waals surface area (Å²) in [4.78, 5) is 0. The zero-order valence-corrected chi connectivity index (χ0v) is 50.4. The molecule has 16 rings (SSSR count). The molecule has 0 saturated carbocycles. The van der Waals surface area contributed by atoms with Crippen molar-refractivity contribution < 1.29 is 0 Å². The third-order valence-corrected chi connectivity index (χ3v) is 20.2. The Labute approximate surface area is 478 Å². The Morgan fingerprint density at radius 2 is 0.951 bits per heavy atom. The van der Waals surface area contributed by atoms with Crippen LogP contribution in [0.5, 0.6) is 0 Å². The number of nitrogens with zero attached hydrogens (tertiary/aromatic N) is 3. The third-order valence-electron chi connectivity index (χ3n) is 20.2. The monoisotopic (exact) mass is 1050 g/mol. The highest BCUT2D eigenvalue weighted by molar-refractivity contribution is 7.02. The molecule has 3 aromatic heterocycles. The average molecular weight is 1050 g/mol. The molecule has 0 atom stereocenters. The molecule has 1 spiro atoms. The topological polar surface area (TPSA) is 14.8 Å². The van der Waals surface area contributed by atoms with Crippen molar-refractivity contribution in [1.82, 2.24) is 13.7 Å². The Balaban J connectivity index is 1.20. The van der Waals surface area contributed by atoms with Gasteiger partial charge in [0.05, 0.1) is 33.0 Å². The predicted octanol–water partition coefficient (Wildman–Crippen LogP) is 18.2. The molecule has 0 N–H and O–H groups in total. The van der Waals surface area contributed by atoms with Gasteiger partial charge in [-0.15, -0.1) is 0 Å². The first-order valence-corrected chi connectivity index (χ1v) is 30.2. The summed E-state index contributed by atoms with van der Waals surface area (Å²) in [5, 5.41) is 8.06. The van der Waals surface area contributed by atoms with Crippen molar-refractivity contribution in [2.45, 2.75) is 150 Å². The second-order valence-corrected chi connectivity index (χ2v) is 29.8. The molecule has 0 bridgehead atoms. The highest BCUT2D eigenvalue weighted by Crippen LogP contribution is 2.63. The van der Waals surface area contributed by atoms with E-state index >= 15 is 0 Å². The largest absolute Gasteiger partial charge is 0.310 e. The molecule has 0 unspecified atom stereocenters. The summed E-state index contributed by atoms with van der Waals surface area (Å²) in [6.07, 6.45) is 0. The van der Waals surface area contributed by atoms with Crippen LogP contribution in [0.1, 0.15) is 178 Å². The second-order valence-electron chi connectivity index (χ2n) is 29.8. The number of hydrogen-bond donors (Lipinski definition) is 0. The zero-order valence-electron chi connectivity index (χ0n) is 50.4. The number of fused-ring (bicyclic) bond motifs is 18. The van der Waals surface area contributed by atoms with Gasteiger partial charge in [0.1, 0.15) is 0 Å². The van der Waals surface area contributed by atoms with Gasteiger partial charge in [0.15, 0.2) is 0 Å². The molecule has 3 nitrogen and oxygen atoms in total. The normalized spacial score (nSPS) is 15.0. The molecule has 81 heavy (non-hydrogen) atoms. The molecule has 400 valence electrons. The summed E-state index contributed by atoms with van der Waals surface area (Å²) in [6, 6.07) is 59.5. The van der Waals surface area contributed by atoms with E-state index in [1.165, 1.54) is 166 Å². The minimum atomic E-state index is -0.642. The van der Waals surface area contributed by atoms with Gasteiger partial charge >= 0.3 is 0 Å². The molecule has 0 fully saturated rings. The summed E-state index contributed by atoms with van der Waals surface area (Å²) in [5.41, 5.74) is 31.6. The molecule has 0 radical (unpaired) electrons. The van der Waals surface area contributed by atoms with Gasteiger partial charge in [0, 0.05) is 54.9 Å². The van der Waals surface area contributed by atoms with Gasteiger partial charge in [-0.2, -0.15) is 0 Å².